The third-order valence-corrected chi connectivity index (χ3v) is 2.28. The molecule has 4 nitrogen and oxygen atoms in total. The Morgan fingerprint density at radius 2 is 2.33 bits per heavy atom. The minimum absolute atomic E-state index is 0.103. The molecule has 0 unspecified atom stereocenters. The van der Waals surface area contributed by atoms with Gasteiger partial charge >= 0.3 is 5.97 Å². The van der Waals surface area contributed by atoms with Crippen molar-refractivity contribution in [2.45, 2.75) is 6.54 Å². The fourth-order valence-electron chi connectivity index (χ4n) is 1.24. The van der Waals surface area contributed by atoms with Crippen LogP contribution in [0.2, 0.25) is 5.02 Å². The van der Waals surface area contributed by atoms with E-state index in [1.54, 1.807) is 6.07 Å². The first kappa shape index (κ1) is 11.5. The fourth-order valence-corrected chi connectivity index (χ4v) is 1.43. The van der Waals surface area contributed by atoms with Crippen molar-refractivity contribution in [2.24, 2.45) is 5.73 Å². The lowest BCUT2D eigenvalue weighted by atomic mass is 10.0. The van der Waals surface area contributed by atoms with Crippen LogP contribution in [0, 0.1) is 11.3 Å². The maximum absolute atomic E-state index is 11.4. The molecule has 0 amide bonds. The molecule has 0 fully saturated rings. The van der Waals surface area contributed by atoms with Crippen molar-refractivity contribution in [3.05, 3.63) is 33.8 Å². The van der Waals surface area contributed by atoms with Gasteiger partial charge in [0, 0.05) is 6.54 Å². The molecule has 0 radical (unpaired) electrons. The molecule has 0 aliphatic rings. The minimum Gasteiger partial charge on any atom is -0.465 e. The lowest BCUT2D eigenvalue weighted by Crippen LogP contribution is -2.11. The number of nitrogens with two attached hydrogens (primary N) is 1. The molecule has 0 aliphatic carbocycles. The Morgan fingerprint density at radius 1 is 1.67 bits per heavy atom. The van der Waals surface area contributed by atoms with E-state index < -0.39 is 5.97 Å². The Kier molecular flexibility index (Phi) is 3.67. The first-order valence-corrected chi connectivity index (χ1v) is 4.53. The van der Waals surface area contributed by atoms with Crippen molar-refractivity contribution in [3.63, 3.8) is 0 Å². The quantitative estimate of drug-likeness (QED) is 0.772. The van der Waals surface area contributed by atoms with Crippen LogP contribution in [0.1, 0.15) is 21.5 Å². The topological polar surface area (TPSA) is 76.1 Å². The molecule has 0 atom stereocenters. The largest absolute Gasteiger partial charge is 0.465 e. The molecule has 1 aromatic rings. The number of ether oxygens (including phenoxy) is 1. The van der Waals surface area contributed by atoms with Gasteiger partial charge in [0.15, 0.2) is 0 Å². The fraction of sp³-hybridized carbons (Fsp3) is 0.200. The van der Waals surface area contributed by atoms with Crippen LogP contribution in [0.15, 0.2) is 12.1 Å². The maximum Gasteiger partial charge on any atom is 0.339 e. The van der Waals surface area contributed by atoms with Crippen molar-refractivity contribution in [1.29, 1.82) is 5.26 Å². The van der Waals surface area contributed by atoms with Crippen LogP contribution in [0.3, 0.4) is 0 Å². The number of hydrogen-bond acceptors (Lipinski definition) is 4. The van der Waals surface area contributed by atoms with Crippen molar-refractivity contribution in [2.75, 3.05) is 7.11 Å². The number of methoxy groups -OCH3 is 1. The Balaban J connectivity index is 3.49. The standard InChI is InChI=1S/C10H9ClN2O2/c1-15-10(14)9-6(4-12)2-3-8(11)7(9)5-13/h2-3H,4,12H2,1H3. The van der Waals surface area contributed by atoms with Gasteiger partial charge in [-0.25, -0.2) is 4.79 Å². The van der Waals surface area contributed by atoms with Gasteiger partial charge in [0.05, 0.1) is 23.3 Å². The molecule has 0 bridgehead atoms. The normalized spacial score (nSPS) is 9.47. The molecule has 5 heteroatoms. The molecule has 0 spiro atoms. The van der Waals surface area contributed by atoms with Gasteiger partial charge in [0.25, 0.3) is 0 Å². The van der Waals surface area contributed by atoms with E-state index in [9.17, 15) is 4.79 Å². The van der Waals surface area contributed by atoms with Gasteiger partial charge in [0.1, 0.15) is 6.07 Å². The summed E-state index contributed by atoms with van der Waals surface area (Å²) in [6, 6.07) is 5.01. The van der Waals surface area contributed by atoms with Crippen LogP contribution in [0.25, 0.3) is 0 Å². The molecule has 0 saturated heterocycles. The number of esters is 1. The Morgan fingerprint density at radius 3 is 2.80 bits per heavy atom. The maximum atomic E-state index is 11.4. The summed E-state index contributed by atoms with van der Waals surface area (Å²) in [5, 5.41) is 9.10. The monoisotopic (exact) mass is 224 g/mol. The Labute approximate surface area is 92.2 Å². The second kappa shape index (κ2) is 4.78. The van der Waals surface area contributed by atoms with Crippen molar-refractivity contribution in [1.82, 2.24) is 0 Å². The lowest BCUT2D eigenvalue weighted by molar-refractivity contribution is 0.0599. The zero-order chi connectivity index (χ0) is 11.4. The molecule has 0 aromatic heterocycles. The van der Waals surface area contributed by atoms with E-state index >= 15 is 0 Å². The van der Waals surface area contributed by atoms with Gasteiger partial charge in [-0.1, -0.05) is 17.7 Å². The molecular formula is C10H9ClN2O2. The predicted molar refractivity (Wildman–Crippen MR) is 55.4 cm³/mol. The Hall–Kier alpha value is -1.57. The molecule has 78 valence electrons. The molecule has 0 aliphatic heterocycles. The molecule has 2 N–H and O–H groups in total. The average Bonchev–Trinajstić information content (AvgIpc) is 2.27. The number of carbonyl (C=O) groups is 1. The number of rotatable bonds is 2. The van der Waals surface area contributed by atoms with Crippen LogP contribution in [-0.2, 0) is 11.3 Å². The highest BCUT2D eigenvalue weighted by molar-refractivity contribution is 6.32. The van der Waals surface area contributed by atoms with Gasteiger partial charge in [0.2, 0.25) is 0 Å². The summed E-state index contributed by atoms with van der Waals surface area (Å²) < 4.78 is 4.57. The highest BCUT2D eigenvalue weighted by atomic mass is 35.5. The molecule has 1 rings (SSSR count). The van der Waals surface area contributed by atoms with Crippen LogP contribution in [-0.4, -0.2) is 13.1 Å². The molecule has 0 heterocycles. The second-order valence-electron chi connectivity index (χ2n) is 2.76. The SMILES string of the molecule is COC(=O)c1c(CN)ccc(Cl)c1C#N. The van der Waals surface area contributed by atoms with Gasteiger partial charge in [-0.15, -0.1) is 0 Å². The first-order chi connectivity index (χ1) is 7.15. The summed E-state index contributed by atoms with van der Waals surface area (Å²) in [7, 11) is 1.24. The van der Waals surface area contributed by atoms with E-state index in [0.717, 1.165) is 0 Å². The molecule has 15 heavy (non-hydrogen) atoms. The average molecular weight is 225 g/mol. The zero-order valence-corrected chi connectivity index (χ0v) is 8.84. The molecule has 1 aromatic carbocycles. The number of hydrogen-bond donors (Lipinski definition) is 1. The van der Waals surface area contributed by atoms with Gasteiger partial charge in [-0.3, -0.25) is 0 Å². The van der Waals surface area contributed by atoms with Gasteiger partial charge < -0.3 is 10.5 Å². The van der Waals surface area contributed by atoms with Crippen LogP contribution < -0.4 is 5.73 Å². The third kappa shape index (κ3) is 2.09. The van der Waals surface area contributed by atoms with Crippen LogP contribution >= 0.6 is 11.6 Å². The highest BCUT2D eigenvalue weighted by Gasteiger charge is 2.18. The Bertz CT molecular complexity index is 438. The summed E-state index contributed by atoms with van der Waals surface area (Å²) in [5.74, 6) is -0.602. The van der Waals surface area contributed by atoms with E-state index in [2.05, 4.69) is 4.74 Å². The molecular weight excluding hydrogens is 216 g/mol. The smallest absolute Gasteiger partial charge is 0.339 e. The minimum atomic E-state index is -0.602. The number of halogens is 1. The zero-order valence-electron chi connectivity index (χ0n) is 8.08. The van der Waals surface area contributed by atoms with Crippen molar-refractivity contribution in [3.8, 4) is 6.07 Å². The summed E-state index contributed by atoms with van der Waals surface area (Å²) in [6.07, 6.45) is 0. The molecule has 0 saturated carbocycles. The summed E-state index contributed by atoms with van der Waals surface area (Å²) in [5.41, 5.74) is 6.25. The van der Waals surface area contributed by atoms with Crippen LogP contribution in [0.4, 0.5) is 0 Å². The van der Waals surface area contributed by atoms with Crippen LogP contribution in [0.5, 0.6) is 0 Å². The summed E-state index contributed by atoms with van der Waals surface area (Å²) in [4.78, 5) is 11.4. The first-order valence-electron chi connectivity index (χ1n) is 4.15. The highest BCUT2D eigenvalue weighted by Crippen LogP contribution is 2.23. The van der Waals surface area contributed by atoms with Gasteiger partial charge in [-0.2, -0.15) is 5.26 Å². The second-order valence-corrected chi connectivity index (χ2v) is 3.17. The third-order valence-electron chi connectivity index (χ3n) is 1.96. The predicted octanol–water partition coefficient (Wildman–Crippen LogP) is 1.46. The number of benzene rings is 1. The number of carbonyl (C=O) groups excluding carboxylic acids is 1. The van der Waals surface area contributed by atoms with E-state index in [0.29, 0.717) is 5.56 Å². The van der Waals surface area contributed by atoms with Gasteiger partial charge in [-0.05, 0) is 11.6 Å². The van der Waals surface area contributed by atoms with E-state index in [-0.39, 0.29) is 22.7 Å². The number of nitrogens with zero attached hydrogens (tertiary/aromatic N) is 1. The van der Waals surface area contributed by atoms with E-state index in [1.807, 2.05) is 6.07 Å². The number of nitriles is 1. The van der Waals surface area contributed by atoms with E-state index in [4.69, 9.17) is 22.6 Å². The summed E-state index contributed by atoms with van der Waals surface area (Å²) in [6.45, 7) is 0.149. The van der Waals surface area contributed by atoms with Crippen molar-refractivity contribution >= 4 is 17.6 Å². The van der Waals surface area contributed by atoms with Crippen molar-refractivity contribution < 1.29 is 9.53 Å². The lowest BCUT2D eigenvalue weighted by Gasteiger charge is -2.08. The summed E-state index contributed by atoms with van der Waals surface area (Å²) >= 11 is 5.79. The van der Waals surface area contributed by atoms with E-state index in [1.165, 1.54) is 13.2 Å².